The van der Waals surface area contributed by atoms with Gasteiger partial charge in [-0.1, -0.05) is 27.6 Å². The molecule has 17 heavy (non-hydrogen) atoms. The summed E-state index contributed by atoms with van der Waals surface area (Å²) in [6, 6.07) is 5.29. The van der Waals surface area contributed by atoms with Gasteiger partial charge in [-0.2, -0.15) is 0 Å². The zero-order valence-electron chi connectivity index (χ0n) is 9.36. The van der Waals surface area contributed by atoms with Crippen LogP contribution in [0.2, 0.25) is 0 Å². The van der Waals surface area contributed by atoms with E-state index >= 15 is 0 Å². The first-order valence-electron chi connectivity index (χ1n) is 4.75. The molecule has 0 heterocycles. The second-order valence-electron chi connectivity index (χ2n) is 3.37. The highest BCUT2D eigenvalue weighted by molar-refractivity contribution is 9.10. The molecule has 0 aliphatic rings. The summed E-state index contributed by atoms with van der Waals surface area (Å²) in [7, 11) is 1.10. The number of esters is 1. The number of aliphatic hydroxyl groups is 1. The van der Waals surface area contributed by atoms with Gasteiger partial charge in [0.05, 0.1) is 7.11 Å². The number of benzene rings is 1. The van der Waals surface area contributed by atoms with Crippen molar-refractivity contribution in [3.05, 3.63) is 39.9 Å². The molecule has 0 aromatic heterocycles. The van der Waals surface area contributed by atoms with E-state index in [9.17, 15) is 14.7 Å². The van der Waals surface area contributed by atoms with Gasteiger partial charge in [0.1, 0.15) is 5.76 Å². The molecule has 0 radical (unpaired) electrons. The molecule has 1 N–H and O–H groups in total. The Morgan fingerprint density at radius 3 is 2.65 bits per heavy atom. The topological polar surface area (TPSA) is 63.6 Å². The number of halogens is 1. The highest BCUT2D eigenvalue weighted by atomic mass is 79.9. The summed E-state index contributed by atoms with van der Waals surface area (Å²) in [5.41, 5.74) is 1.37. The number of ketones is 1. The first-order valence-corrected chi connectivity index (χ1v) is 5.54. The Labute approximate surface area is 107 Å². The van der Waals surface area contributed by atoms with Gasteiger partial charge in [-0.15, -0.1) is 0 Å². The smallest absolute Gasteiger partial charge is 0.378 e. The van der Waals surface area contributed by atoms with E-state index in [0.29, 0.717) is 10.0 Å². The van der Waals surface area contributed by atoms with Crippen LogP contribution in [-0.2, 0) is 14.3 Å². The Hall–Kier alpha value is -1.62. The van der Waals surface area contributed by atoms with Crippen molar-refractivity contribution in [3.63, 3.8) is 0 Å². The first kappa shape index (κ1) is 13.4. The predicted octanol–water partition coefficient (Wildman–Crippen LogP) is 2.40. The monoisotopic (exact) mass is 298 g/mol. The fourth-order valence-corrected chi connectivity index (χ4v) is 1.65. The Morgan fingerprint density at radius 2 is 2.06 bits per heavy atom. The molecule has 0 atom stereocenters. The van der Waals surface area contributed by atoms with Crippen LogP contribution in [0, 0.1) is 6.92 Å². The van der Waals surface area contributed by atoms with Crippen LogP contribution in [0.5, 0.6) is 0 Å². The quantitative estimate of drug-likeness (QED) is 0.403. The first-order chi connectivity index (χ1) is 7.95. The van der Waals surface area contributed by atoms with Crippen LogP contribution in [0.1, 0.15) is 11.1 Å². The van der Waals surface area contributed by atoms with Gasteiger partial charge in [0.25, 0.3) is 5.78 Å². The van der Waals surface area contributed by atoms with Crippen molar-refractivity contribution in [3.8, 4) is 0 Å². The lowest BCUT2D eigenvalue weighted by molar-refractivity contribution is -0.149. The van der Waals surface area contributed by atoms with E-state index in [-0.39, 0.29) is 5.76 Å². The minimum Gasteiger partial charge on any atom is -0.507 e. The van der Waals surface area contributed by atoms with E-state index in [1.807, 2.05) is 13.0 Å². The van der Waals surface area contributed by atoms with Crippen LogP contribution in [0.15, 0.2) is 28.7 Å². The molecule has 0 bridgehead atoms. The van der Waals surface area contributed by atoms with Gasteiger partial charge in [-0.25, -0.2) is 4.79 Å². The third-order valence-corrected chi connectivity index (χ3v) is 2.74. The summed E-state index contributed by atoms with van der Waals surface area (Å²) in [6.45, 7) is 1.85. The Balaban J connectivity index is 3.07. The van der Waals surface area contributed by atoms with Gasteiger partial charge in [-0.05, 0) is 19.1 Å². The molecular formula is C12H11BrO4. The van der Waals surface area contributed by atoms with Crippen molar-refractivity contribution < 1.29 is 19.4 Å². The average Bonchev–Trinajstić information content (AvgIpc) is 2.30. The Bertz CT molecular complexity index is 491. The molecular weight excluding hydrogens is 288 g/mol. The molecule has 0 saturated carbocycles. The third-order valence-electron chi connectivity index (χ3n) is 2.05. The molecule has 0 saturated heterocycles. The molecule has 1 aromatic rings. The fourth-order valence-electron chi connectivity index (χ4n) is 1.20. The number of hydrogen-bond donors (Lipinski definition) is 1. The number of aryl methyl sites for hydroxylation is 1. The minimum atomic E-state index is -1.01. The highest BCUT2D eigenvalue weighted by Gasteiger charge is 2.14. The summed E-state index contributed by atoms with van der Waals surface area (Å²) in [5, 5.41) is 9.74. The maximum absolute atomic E-state index is 11.2. The maximum atomic E-state index is 11.2. The number of ether oxygens (including phenoxy) is 1. The minimum absolute atomic E-state index is 0.282. The zero-order valence-corrected chi connectivity index (χ0v) is 10.9. The van der Waals surface area contributed by atoms with Gasteiger partial charge >= 0.3 is 5.97 Å². The molecule has 0 aliphatic heterocycles. The fraction of sp³-hybridized carbons (Fsp3) is 0.167. The lowest BCUT2D eigenvalue weighted by atomic mass is 10.1. The van der Waals surface area contributed by atoms with E-state index in [0.717, 1.165) is 18.7 Å². The lowest BCUT2D eigenvalue weighted by Crippen LogP contribution is -2.13. The van der Waals surface area contributed by atoms with Gasteiger partial charge in [0.15, 0.2) is 0 Å². The molecule has 90 valence electrons. The van der Waals surface area contributed by atoms with Gasteiger partial charge < -0.3 is 9.84 Å². The van der Waals surface area contributed by atoms with E-state index in [4.69, 9.17) is 0 Å². The Morgan fingerprint density at radius 1 is 1.41 bits per heavy atom. The van der Waals surface area contributed by atoms with E-state index in [2.05, 4.69) is 20.7 Å². The molecule has 1 rings (SSSR count). The van der Waals surface area contributed by atoms with Crippen molar-refractivity contribution in [2.75, 3.05) is 7.11 Å². The standard InChI is InChI=1S/C12H11BrO4/c1-7-3-4-9(13)8(5-7)10(14)6-11(15)12(16)17-2/h3-6,14H,1-2H3. The molecule has 5 heteroatoms. The summed E-state index contributed by atoms with van der Waals surface area (Å²) in [4.78, 5) is 22.1. The van der Waals surface area contributed by atoms with Gasteiger partial charge in [0, 0.05) is 16.1 Å². The third kappa shape index (κ3) is 3.42. The average molecular weight is 299 g/mol. The summed E-state index contributed by atoms with van der Waals surface area (Å²) >= 11 is 3.25. The summed E-state index contributed by atoms with van der Waals surface area (Å²) in [5.74, 6) is -2.20. The Kier molecular flexibility index (Phi) is 4.45. The van der Waals surface area contributed by atoms with Crippen molar-refractivity contribution in [1.82, 2.24) is 0 Å². The summed E-state index contributed by atoms with van der Waals surface area (Å²) < 4.78 is 4.88. The molecule has 0 spiro atoms. The van der Waals surface area contributed by atoms with Crippen LogP contribution >= 0.6 is 15.9 Å². The van der Waals surface area contributed by atoms with E-state index in [1.165, 1.54) is 0 Å². The van der Waals surface area contributed by atoms with Crippen LogP contribution in [0.25, 0.3) is 5.76 Å². The number of hydrogen-bond acceptors (Lipinski definition) is 4. The number of methoxy groups -OCH3 is 1. The number of aliphatic hydroxyl groups excluding tert-OH is 1. The maximum Gasteiger partial charge on any atom is 0.378 e. The number of carbonyl (C=O) groups excluding carboxylic acids is 2. The SMILES string of the molecule is COC(=O)C(=O)C=C(O)c1cc(C)ccc1Br. The molecule has 1 aromatic carbocycles. The lowest BCUT2D eigenvalue weighted by Gasteiger charge is -2.04. The van der Waals surface area contributed by atoms with Crippen molar-refractivity contribution in [1.29, 1.82) is 0 Å². The van der Waals surface area contributed by atoms with Crippen LogP contribution in [0.4, 0.5) is 0 Å². The summed E-state index contributed by atoms with van der Waals surface area (Å²) in [6.07, 6.45) is 0.839. The van der Waals surface area contributed by atoms with E-state index < -0.39 is 11.8 Å². The molecule has 0 unspecified atom stereocenters. The highest BCUT2D eigenvalue weighted by Crippen LogP contribution is 2.23. The zero-order chi connectivity index (χ0) is 13.0. The number of carbonyl (C=O) groups is 2. The molecule has 0 fully saturated rings. The largest absolute Gasteiger partial charge is 0.507 e. The predicted molar refractivity (Wildman–Crippen MR) is 66.5 cm³/mol. The number of rotatable bonds is 3. The second kappa shape index (κ2) is 5.63. The normalized spacial score (nSPS) is 11.1. The van der Waals surface area contributed by atoms with Gasteiger partial charge in [0.2, 0.25) is 0 Å². The van der Waals surface area contributed by atoms with Crippen molar-refractivity contribution >= 4 is 33.4 Å². The van der Waals surface area contributed by atoms with E-state index in [1.54, 1.807) is 12.1 Å². The van der Waals surface area contributed by atoms with Crippen molar-refractivity contribution in [2.45, 2.75) is 6.92 Å². The van der Waals surface area contributed by atoms with Crippen LogP contribution in [-0.4, -0.2) is 24.0 Å². The van der Waals surface area contributed by atoms with Crippen LogP contribution in [0.3, 0.4) is 0 Å². The molecule has 0 amide bonds. The van der Waals surface area contributed by atoms with Crippen molar-refractivity contribution in [2.24, 2.45) is 0 Å². The second-order valence-corrected chi connectivity index (χ2v) is 4.22. The molecule has 4 nitrogen and oxygen atoms in total. The molecule has 0 aliphatic carbocycles. The van der Waals surface area contributed by atoms with Crippen LogP contribution < -0.4 is 0 Å². The van der Waals surface area contributed by atoms with Gasteiger partial charge in [-0.3, -0.25) is 4.79 Å².